The fourth-order valence-electron chi connectivity index (χ4n) is 2.54. The second kappa shape index (κ2) is 8.13. The van der Waals surface area contributed by atoms with Crippen molar-refractivity contribution in [2.24, 2.45) is 5.10 Å². The van der Waals surface area contributed by atoms with Crippen LogP contribution in [0.15, 0.2) is 40.3 Å². The van der Waals surface area contributed by atoms with Gasteiger partial charge in [-0.1, -0.05) is 0 Å². The van der Waals surface area contributed by atoms with Crippen LogP contribution < -0.4 is 5.43 Å². The molecule has 1 aromatic carbocycles. The molecule has 0 spiro atoms. The number of nitrogens with zero attached hydrogens (tertiary/aromatic N) is 3. The van der Waals surface area contributed by atoms with Gasteiger partial charge in [0.15, 0.2) is 0 Å². The zero-order valence-electron chi connectivity index (χ0n) is 14.5. The number of nitro benzene ring substituents is 1. The van der Waals surface area contributed by atoms with E-state index in [9.17, 15) is 18.5 Å². The SMILES string of the molecule is Cc1ccc(/C=N/Nc2ccc([N+](=O)[O-])cc2S(=O)(=O)N2CCOCC2)s1. The number of benzene rings is 1. The van der Waals surface area contributed by atoms with Gasteiger partial charge in [-0.2, -0.15) is 9.41 Å². The minimum absolute atomic E-state index is 0.177. The van der Waals surface area contributed by atoms with Gasteiger partial charge >= 0.3 is 0 Å². The fourth-order valence-corrected chi connectivity index (χ4v) is 4.86. The normalized spacial score (nSPS) is 15.9. The Labute approximate surface area is 160 Å². The quantitative estimate of drug-likeness (QED) is 0.444. The number of hydrogen-bond acceptors (Lipinski definition) is 8. The van der Waals surface area contributed by atoms with Crippen molar-refractivity contribution in [1.29, 1.82) is 0 Å². The maximum Gasteiger partial charge on any atom is 0.270 e. The fraction of sp³-hybridized carbons (Fsp3) is 0.312. The molecule has 1 aromatic heterocycles. The molecule has 9 nitrogen and oxygen atoms in total. The average molecular weight is 410 g/mol. The molecule has 1 N–H and O–H groups in total. The summed E-state index contributed by atoms with van der Waals surface area (Å²) < 4.78 is 32.4. The summed E-state index contributed by atoms with van der Waals surface area (Å²) in [6, 6.07) is 7.49. The average Bonchev–Trinajstić information content (AvgIpc) is 3.07. The van der Waals surface area contributed by atoms with Gasteiger partial charge in [0.05, 0.1) is 30.0 Å². The van der Waals surface area contributed by atoms with Crippen molar-refractivity contribution >= 4 is 38.9 Å². The lowest BCUT2D eigenvalue weighted by molar-refractivity contribution is -0.385. The first-order valence-corrected chi connectivity index (χ1v) is 10.4. The number of ether oxygens (including phenoxy) is 1. The van der Waals surface area contributed by atoms with E-state index in [0.29, 0.717) is 0 Å². The molecular weight excluding hydrogens is 392 g/mol. The molecule has 0 atom stereocenters. The Hall–Kier alpha value is -2.34. The molecule has 0 amide bonds. The summed E-state index contributed by atoms with van der Waals surface area (Å²) in [5.74, 6) is 0. The van der Waals surface area contributed by atoms with Crippen molar-refractivity contribution in [2.75, 3.05) is 31.7 Å². The first-order valence-electron chi connectivity index (χ1n) is 8.10. The zero-order chi connectivity index (χ0) is 19.4. The minimum atomic E-state index is -3.92. The van der Waals surface area contributed by atoms with Crippen molar-refractivity contribution in [3.8, 4) is 0 Å². The molecule has 3 rings (SSSR count). The van der Waals surface area contributed by atoms with E-state index in [4.69, 9.17) is 4.74 Å². The molecule has 144 valence electrons. The summed E-state index contributed by atoms with van der Waals surface area (Å²) in [6.07, 6.45) is 1.57. The number of non-ortho nitro benzene ring substituents is 1. The second-order valence-corrected chi connectivity index (χ2v) is 9.00. The monoisotopic (exact) mass is 410 g/mol. The van der Waals surface area contributed by atoms with E-state index in [1.165, 1.54) is 16.4 Å². The maximum atomic E-state index is 13.0. The van der Waals surface area contributed by atoms with Gasteiger partial charge < -0.3 is 4.74 Å². The van der Waals surface area contributed by atoms with Gasteiger partial charge in [0.25, 0.3) is 5.69 Å². The molecule has 1 saturated heterocycles. The molecule has 2 aromatic rings. The Kier molecular flexibility index (Phi) is 5.85. The Morgan fingerprint density at radius 3 is 2.67 bits per heavy atom. The minimum Gasteiger partial charge on any atom is -0.379 e. The maximum absolute atomic E-state index is 13.0. The van der Waals surface area contributed by atoms with E-state index in [0.717, 1.165) is 15.8 Å². The van der Waals surface area contributed by atoms with Gasteiger partial charge in [-0.15, -0.1) is 11.3 Å². The van der Waals surface area contributed by atoms with E-state index in [1.807, 2.05) is 19.1 Å². The highest BCUT2D eigenvalue weighted by Crippen LogP contribution is 2.29. The van der Waals surface area contributed by atoms with E-state index in [-0.39, 0.29) is 42.6 Å². The van der Waals surface area contributed by atoms with Gasteiger partial charge in [-0.05, 0) is 25.1 Å². The highest BCUT2D eigenvalue weighted by molar-refractivity contribution is 7.89. The van der Waals surface area contributed by atoms with Crippen LogP contribution in [0.3, 0.4) is 0 Å². The zero-order valence-corrected chi connectivity index (χ0v) is 16.1. The molecule has 11 heteroatoms. The van der Waals surface area contributed by atoms with Crippen molar-refractivity contribution in [1.82, 2.24) is 4.31 Å². The summed E-state index contributed by atoms with van der Waals surface area (Å²) in [5.41, 5.74) is 2.58. The molecule has 2 heterocycles. The van der Waals surface area contributed by atoms with Crippen molar-refractivity contribution < 1.29 is 18.1 Å². The lowest BCUT2D eigenvalue weighted by atomic mass is 10.3. The first kappa shape index (κ1) is 19.4. The first-order chi connectivity index (χ1) is 12.9. The summed E-state index contributed by atoms with van der Waals surface area (Å²) >= 11 is 1.54. The predicted octanol–water partition coefficient (Wildman–Crippen LogP) is 2.43. The van der Waals surface area contributed by atoms with Gasteiger partial charge in [0, 0.05) is 35.0 Å². The Morgan fingerprint density at radius 1 is 1.30 bits per heavy atom. The van der Waals surface area contributed by atoms with Crippen LogP contribution in [0.2, 0.25) is 0 Å². The van der Waals surface area contributed by atoms with Gasteiger partial charge in [-0.25, -0.2) is 8.42 Å². The van der Waals surface area contributed by atoms with Crippen LogP contribution in [0.4, 0.5) is 11.4 Å². The number of aryl methyl sites for hydroxylation is 1. The van der Waals surface area contributed by atoms with Crippen LogP contribution in [0, 0.1) is 17.0 Å². The Bertz CT molecular complexity index is 965. The second-order valence-electron chi connectivity index (χ2n) is 5.77. The molecule has 0 bridgehead atoms. The number of nitrogens with one attached hydrogen (secondary N) is 1. The number of rotatable bonds is 6. The molecule has 0 radical (unpaired) electrons. The third-order valence-electron chi connectivity index (χ3n) is 3.90. The Balaban J connectivity index is 1.93. The third-order valence-corrected chi connectivity index (χ3v) is 6.78. The summed E-state index contributed by atoms with van der Waals surface area (Å²) in [5, 5.41) is 15.2. The number of anilines is 1. The van der Waals surface area contributed by atoms with Crippen molar-refractivity contribution in [3.05, 3.63) is 50.2 Å². The third kappa shape index (κ3) is 4.50. The van der Waals surface area contributed by atoms with E-state index >= 15 is 0 Å². The lowest BCUT2D eigenvalue weighted by Crippen LogP contribution is -2.40. The number of thiophene rings is 1. The lowest BCUT2D eigenvalue weighted by Gasteiger charge is -2.26. The number of hydrogen-bond donors (Lipinski definition) is 1. The highest BCUT2D eigenvalue weighted by atomic mass is 32.2. The Morgan fingerprint density at radius 2 is 2.04 bits per heavy atom. The van der Waals surface area contributed by atoms with Crippen LogP contribution in [-0.4, -0.2) is 50.2 Å². The van der Waals surface area contributed by atoms with E-state index in [2.05, 4.69) is 10.5 Å². The van der Waals surface area contributed by atoms with Crippen LogP contribution in [0.5, 0.6) is 0 Å². The molecule has 1 fully saturated rings. The molecule has 0 saturated carbocycles. The standard InChI is InChI=1S/C16H18N4O5S2/c1-12-2-4-14(26-12)11-17-18-15-5-3-13(20(21)22)10-16(15)27(23,24)19-6-8-25-9-7-19/h2-5,10-11,18H,6-9H2,1H3/b17-11+. The van der Waals surface area contributed by atoms with Crippen LogP contribution in [0.25, 0.3) is 0 Å². The number of morpholine rings is 1. The molecule has 1 aliphatic heterocycles. The number of hydrazone groups is 1. The summed E-state index contributed by atoms with van der Waals surface area (Å²) in [4.78, 5) is 12.3. The molecule has 0 unspecified atom stereocenters. The van der Waals surface area contributed by atoms with Crippen LogP contribution in [0.1, 0.15) is 9.75 Å². The smallest absolute Gasteiger partial charge is 0.270 e. The van der Waals surface area contributed by atoms with Crippen molar-refractivity contribution in [3.63, 3.8) is 0 Å². The summed E-state index contributed by atoms with van der Waals surface area (Å²) in [6.45, 7) is 2.93. The molecule has 27 heavy (non-hydrogen) atoms. The highest BCUT2D eigenvalue weighted by Gasteiger charge is 2.30. The van der Waals surface area contributed by atoms with E-state index in [1.54, 1.807) is 17.6 Å². The van der Waals surface area contributed by atoms with Crippen molar-refractivity contribution in [2.45, 2.75) is 11.8 Å². The predicted molar refractivity (Wildman–Crippen MR) is 103 cm³/mol. The number of nitro groups is 1. The van der Waals surface area contributed by atoms with Gasteiger partial charge in [0.1, 0.15) is 4.90 Å². The topological polar surface area (TPSA) is 114 Å². The van der Waals surface area contributed by atoms with Gasteiger partial charge in [0.2, 0.25) is 10.0 Å². The van der Waals surface area contributed by atoms with Crippen LogP contribution in [-0.2, 0) is 14.8 Å². The van der Waals surface area contributed by atoms with Gasteiger partial charge in [-0.3, -0.25) is 15.5 Å². The summed E-state index contributed by atoms with van der Waals surface area (Å²) in [7, 11) is -3.92. The van der Waals surface area contributed by atoms with E-state index < -0.39 is 14.9 Å². The largest absolute Gasteiger partial charge is 0.379 e. The van der Waals surface area contributed by atoms with Crippen LogP contribution >= 0.6 is 11.3 Å². The molecular formula is C16H18N4O5S2. The number of sulfonamides is 1. The molecule has 1 aliphatic rings. The molecule has 0 aliphatic carbocycles.